The molecule has 9 rings (SSSR count). The first kappa shape index (κ1) is 30.9. The van der Waals surface area contributed by atoms with E-state index in [2.05, 4.69) is 91.0 Å². The molecular formula is C44H28N5S2+. The molecule has 1 aliphatic heterocycles. The fraction of sp³-hybridized carbons (Fsp3) is 0. The van der Waals surface area contributed by atoms with Gasteiger partial charge in [0, 0.05) is 16.7 Å². The van der Waals surface area contributed by atoms with E-state index in [1.54, 1.807) is 11.8 Å². The second-order valence-corrected chi connectivity index (χ2v) is 14.2. The number of hydrogen-bond acceptors (Lipinski definition) is 6. The number of nitrogens with one attached hydrogen (secondary N) is 2. The third-order valence-corrected chi connectivity index (χ3v) is 10.9. The van der Waals surface area contributed by atoms with Crippen molar-refractivity contribution in [1.29, 1.82) is 10.8 Å². The summed E-state index contributed by atoms with van der Waals surface area (Å²) in [5.74, 6) is 0. The summed E-state index contributed by atoms with van der Waals surface area (Å²) in [7, 11) is 0. The Bertz CT molecular complexity index is 2790. The third kappa shape index (κ3) is 5.94. The largest absolute Gasteiger partial charge is 0.399 e. The Balaban J connectivity index is 0.951. The molecule has 2 aromatic heterocycles. The van der Waals surface area contributed by atoms with Crippen molar-refractivity contribution >= 4 is 76.0 Å². The molecule has 5 nitrogen and oxygen atoms in total. The number of pyridine rings is 2. The van der Waals surface area contributed by atoms with Crippen LogP contribution in [0.25, 0.3) is 54.8 Å². The molecule has 0 radical (unpaired) electrons. The highest BCUT2D eigenvalue weighted by atomic mass is 32.2. The van der Waals surface area contributed by atoms with E-state index < -0.39 is 0 Å². The lowest BCUT2D eigenvalue weighted by Crippen LogP contribution is -2.20. The maximum atomic E-state index is 8.90. The number of fused-ring (bicyclic) bond motifs is 3. The van der Waals surface area contributed by atoms with Gasteiger partial charge in [-0.2, -0.15) is 0 Å². The number of aromatic nitrogens is 2. The van der Waals surface area contributed by atoms with Gasteiger partial charge in [0.25, 0.3) is 0 Å². The lowest BCUT2D eigenvalue weighted by atomic mass is 10.0. The molecule has 51 heavy (non-hydrogen) atoms. The Morgan fingerprint density at radius 3 is 1.80 bits per heavy atom. The number of benzene rings is 6. The molecule has 6 aromatic carbocycles. The van der Waals surface area contributed by atoms with Crippen molar-refractivity contribution in [1.82, 2.24) is 14.6 Å². The molecule has 0 fully saturated rings. The number of thioether (sulfide) groups is 2. The summed E-state index contributed by atoms with van der Waals surface area (Å²) >= 11 is 2.75. The topological polar surface area (TPSA) is 87.6 Å². The van der Waals surface area contributed by atoms with Crippen molar-refractivity contribution < 1.29 is 0 Å². The zero-order valence-electron chi connectivity index (χ0n) is 27.2. The van der Waals surface area contributed by atoms with Crippen LogP contribution >= 0.6 is 23.5 Å². The van der Waals surface area contributed by atoms with Gasteiger partial charge in [0.15, 0.2) is 5.69 Å². The van der Waals surface area contributed by atoms with Gasteiger partial charge in [0.1, 0.15) is 10.1 Å². The highest BCUT2D eigenvalue weighted by Gasteiger charge is 2.35. The lowest BCUT2D eigenvalue weighted by Gasteiger charge is -2.10. The monoisotopic (exact) mass is 690 g/mol. The second-order valence-electron chi connectivity index (χ2n) is 12.2. The summed E-state index contributed by atoms with van der Waals surface area (Å²) in [6.07, 6.45) is 0. The van der Waals surface area contributed by atoms with Crippen LogP contribution < -0.4 is 4.67 Å². The fourth-order valence-electron chi connectivity index (χ4n) is 6.47. The van der Waals surface area contributed by atoms with Gasteiger partial charge in [0.05, 0.1) is 34.4 Å². The highest BCUT2D eigenvalue weighted by molar-refractivity contribution is 8.28. The molecule has 7 heteroatoms. The minimum absolute atomic E-state index is 0.234. The molecule has 0 unspecified atom stereocenters. The third-order valence-electron chi connectivity index (χ3n) is 9.03. The average Bonchev–Trinajstić information content (AvgIpc) is 3.16. The zero-order valence-corrected chi connectivity index (χ0v) is 28.8. The molecule has 3 heterocycles. The minimum atomic E-state index is 0.234. The van der Waals surface area contributed by atoms with Crippen LogP contribution in [-0.4, -0.2) is 30.1 Å². The second kappa shape index (κ2) is 13.0. The van der Waals surface area contributed by atoms with Crippen LogP contribution in [0.15, 0.2) is 158 Å². The highest BCUT2D eigenvalue weighted by Crippen LogP contribution is 2.31. The van der Waals surface area contributed by atoms with E-state index in [0.29, 0.717) is 10.7 Å². The molecule has 0 amide bonds. The molecule has 0 atom stereocenters. The van der Waals surface area contributed by atoms with E-state index in [1.807, 2.05) is 66.7 Å². The van der Waals surface area contributed by atoms with Crippen LogP contribution in [0.4, 0.5) is 0 Å². The van der Waals surface area contributed by atoms with Crippen LogP contribution in [0, 0.1) is 10.8 Å². The van der Waals surface area contributed by atoms with Crippen molar-refractivity contribution in [3.63, 3.8) is 0 Å². The molecule has 240 valence electrons. The van der Waals surface area contributed by atoms with E-state index in [1.165, 1.54) is 10.8 Å². The van der Waals surface area contributed by atoms with Gasteiger partial charge in [-0.1, -0.05) is 120 Å². The lowest BCUT2D eigenvalue weighted by molar-refractivity contribution is 1.29. The van der Waals surface area contributed by atoms with Crippen molar-refractivity contribution in [2.45, 2.75) is 0 Å². The van der Waals surface area contributed by atoms with Gasteiger partial charge in [-0.05, 0) is 86.5 Å². The Morgan fingerprint density at radius 1 is 0.490 bits per heavy atom. The molecular weight excluding hydrogens is 663 g/mol. The van der Waals surface area contributed by atoms with E-state index >= 15 is 0 Å². The first-order chi connectivity index (χ1) is 25.1. The normalized spacial score (nSPS) is 12.4. The van der Waals surface area contributed by atoms with E-state index in [-0.39, 0.29) is 5.04 Å². The smallest absolute Gasteiger partial charge is 0.293 e. The van der Waals surface area contributed by atoms with Gasteiger partial charge in [0.2, 0.25) is 0 Å². The van der Waals surface area contributed by atoms with Gasteiger partial charge in [-0.15, -0.1) is 0 Å². The maximum Gasteiger partial charge on any atom is 0.399 e. The molecule has 0 bridgehead atoms. The summed E-state index contributed by atoms with van der Waals surface area (Å²) in [5, 5.41) is 26.9. The average molecular weight is 691 g/mol. The van der Waals surface area contributed by atoms with Crippen molar-refractivity contribution in [2.24, 2.45) is 0 Å². The van der Waals surface area contributed by atoms with Crippen LogP contribution in [0.2, 0.25) is 0 Å². The van der Waals surface area contributed by atoms with Crippen molar-refractivity contribution in [3.8, 4) is 22.5 Å². The number of hydrogen-bond donors (Lipinski definition) is 2. The zero-order chi connectivity index (χ0) is 34.3. The number of rotatable bonds is 6. The molecule has 2 N–H and O–H groups in total. The SMILES string of the molecule is N=C(SC(=N)c1cccc(-c2cccc3ccccc23)n1)c1ccc2ccc(C3=[N+]=C(c4cccc(-c5cccc6ccccc56)n4)S3)cc2c1. The van der Waals surface area contributed by atoms with Gasteiger partial charge >= 0.3 is 10.1 Å². The summed E-state index contributed by atoms with van der Waals surface area (Å²) < 4.78 is 4.89. The Hall–Kier alpha value is -6.11. The Kier molecular flexibility index (Phi) is 7.86. The quantitative estimate of drug-likeness (QED) is 0.103. The predicted molar refractivity (Wildman–Crippen MR) is 217 cm³/mol. The van der Waals surface area contributed by atoms with Crippen molar-refractivity contribution in [3.05, 3.63) is 180 Å². The molecule has 0 saturated carbocycles. The van der Waals surface area contributed by atoms with Gasteiger partial charge < -0.3 is 0 Å². The van der Waals surface area contributed by atoms with Crippen LogP contribution in [0.1, 0.15) is 22.5 Å². The summed E-state index contributed by atoms with van der Waals surface area (Å²) in [4.78, 5) is 9.82. The summed E-state index contributed by atoms with van der Waals surface area (Å²) in [6, 6.07) is 53.3. The summed E-state index contributed by atoms with van der Waals surface area (Å²) in [6.45, 7) is 0. The molecule has 8 aromatic rings. The fourth-order valence-corrected chi connectivity index (χ4v) is 7.93. The van der Waals surface area contributed by atoms with Crippen LogP contribution in [0.3, 0.4) is 0 Å². The molecule has 0 spiro atoms. The van der Waals surface area contributed by atoms with E-state index in [4.69, 9.17) is 25.5 Å². The molecule has 0 aliphatic carbocycles. The first-order valence-corrected chi connectivity index (χ1v) is 18.1. The standard InChI is InChI=1S/C44H28N5S2/c45-41(50-42(46)39-19-7-17-37(47-39)35-15-5-11-28-9-1-3-13-33(28)35)30-23-21-27-22-24-31(26-32(27)25-30)43-49-44(51-43)40-20-8-18-38(48-40)36-16-6-12-29-10-2-4-14-34(29)36/h1-26,45-46H/q+1. The van der Waals surface area contributed by atoms with Gasteiger partial charge in [-0.25, -0.2) is 9.97 Å². The Morgan fingerprint density at radius 2 is 1.08 bits per heavy atom. The Labute approximate surface area is 302 Å². The van der Waals surface area contributed by atoms with Crippen LogP contribution in [-0.2, 0) is 0 Å². The number of nitrogens with zero attached hydrogens (tertiary/aromatic N) is 3. The summed E-state index contributed by atoms with van der Waals surface area (Å²) in [5.41, 5.74) is 7.07. The van der Waals surface area contributed by atoms with Gasteiger partial charge in [-0.3, -0.25) is 10.8 Å². The molecule has 1 aliphatic rings. The van der Waals surface area contributed by atoms with Crippen molar-refractivity contribution in [2.75, 3.05) is 0 Å². The first-order valence-electron chi connectivity index (χ1n) is 16.5. The molecule has 0 saturated heterocycles. The minimum Gasteiger partial charge on any atom is -0.293 e. The predicted octanol–water partition coefficient (Wildman–Crippen LogP) is 10.4. The van der Waals surface area contributed by atoms with E-state index in [9.17, 15) is 0 Å². The van der Waals surface area contributed by atoms with Crippen LogP contribution in [0.5, 0.6) is 0 Å². The maximum absolute atomic E-state index is 8.90. The van der Waals surface area contributed by atoms with E-state index in [0.717, 1.165) is 82.7 Å².